The van der Waals surface area contributed by atoms with E-state index < -0.39 is 0 Å². The second kappa shape index (κ2) is 8.04. The summed E-state index contributed by atoms with van der Waals surface area (Å²) in [4.78, 5) is 2.49. The van der Waals surface area contributed by atoms with Crippen molar-refractivity contribution in [2.45, 2.75) is 32.6 Å². The van der Waals surface area contributed by atoms with Crippen LogP contribution in [0.4, 0.5) is 0 Å². The molecular weight excluding hydrogens is 290 g/mol. The lowest BCUT2D eigenvalue weighted by molar-refractivity contribution is 0.383. The molecule has 1 aliphatic carbocycles. The van der Waals surface area contributed by atoms with Gasteiger partial charge in [-0.15, -0.1) is 5.73 Å². The second-order valence-corrected chi connectivity index (χ2v) is 6.78. The summed E-state index contributed by atoms with van der Waals surface area (Å²) < 4.78 is 0. The van der Waals surface area contributed by atoms with Crippen LogP contribution in [-0.4, -0.2) is 18.0 Å². The Bertz CT molecular complexity index is 713. The Morgan fingerprint density at radius 2 is 2.08 bits per heavy atom. The normalized spacial score (nSPS) is 19.7. The van der Waals surface area contributed by atoms with E-state index in [-0.39, 0.29) is 0 Å². The van der Waals surface area contributed by atoms with E-state index >= 15 is 0 Å². The molecule has 1 heteroatoms. The predicted molar refractivity (Wildman–Crippen MR) is 103 cm³/mol. The Kier molecular flexibility index (Phi) is 5.56. The van der Waals surface area contributed by atoms with Gasteiger partial charge in [0.15, 0.2) is 0 Å². The average Bonchev–Trinajstić information content (AvgIpc) is 2.79. The summed E-state index contributed by atoms with van der Waals surface area (Å²) in [6.45, 7) is 8.87. The molecule has 0 saturated carbocycles. The maximum Gasteiger partial charge on any atom is 0.0181 e. The van der Waals surface area contributed by atoms with Gasteiger partial charge in [0.1, 0.15) is 0 Å². The van der Waals surface area contributed by atoms with Crippen molar-refractivity contribution in [1.82, 2.24) is 4.90 Å². The molecule has 1 heterocycles. The number of likely N-dealkylation sites (tertiary alicyclic amines) is 1. The molecule has 0 amide bonds. The highest BCUT2D eigenvalue weighted by Crippen LogP contribution is 2.30. The fourth-order valence-corrected chi connectivity index (χ4v) is 3.57. The van der Waals surface area contributed by atoms with Gasteiger partial charge in [0.2, 0.25) is 0 Å². The van der Waals surface area contributed by atoms with Crippen LogP contribution in [0.1, 0.15) is 30.4 Å². The van der Waals surface area contributed by atoms with Crippen molar-refractivity contribution in [2.24, 2.45) is 5.92 Å². The van der Waals surface area contributed by atoms with Gasteiger partial charge in [-0.25, -0.2) is 0 Å². The highest BCUT2D eigenvalue weighted by atomic mass is 15.2. The molecule has 2 aliphatic rings. The lowest BCUT2D eigenvalue weighted by Crippen LogP contribution is -2.20. The summed E-state index contributed by atoms with van der Waals surface area (Å²) in [6, 6.07) is 8.74. The lowest BCUT2D eigenvalue weighted by atomic mass is 9.94. The fraction of sp³-hybridized carbons (Fsp3) is 0.348. The molecule has 124 valence electrons. The van der Waals surface area contributed by atoms with Crippen LogP contribution in [0, 0.1) is 12.8 Å². The highest BCUT2D eigenvalue weighted by Gasteiger charge is 2.26. The van der Waals surface area contributed by atoms with Crippen LogP contribution in [0.25, 0.3) is 0 Å². The first-order valence-corrected chi connectivity index (χ1v) is 9.01. The van der Waals surface area contributed by atoms with Crippen LogP contribution in [0.5, 0.6) is 0 Å². The number of hydrogen-bond donors (Lipinski definition) is 0. The first-order chi connectivity index (χ1) is 11.7. The van der Waals surface area contributed by atoms with E-state index in [2.05, 4.69) is 66.6 Å². The molecule has 1 atom stereocenters. The first-order valence-electron chi connectivity index (χ1n) is 9.01. The van der Waals surface area contributed by atoms with Crippen molar-refractivity contribution in [3.8, 4) is 0 Å². The molecule has 1 nitrogen and oxygen atoms in total. The van der Waals surface area contributed by atoms with Crippen LogP contribution in [0.2, 0.25) is 0 Å². The Morgan fingerprint density at radius 3 is 2.96 bits per heavy atom. The summed E-state index contributed by atoms with van der Waals surface area (Å²) in [5.74, 6) is 0.604. The minimum Gasteiger partial charge on any atom is -0.375 e. The minimum absolute atomic E-state index is 0.604. The van der Waals surface area contributed by atoms with Crippen molar-refractivity contribution in [3.05, 3.63) is 89.4 Å². The first kappa shape index (κ1) is 16.6. The maximum absolute atomic E-state index is 4.40. The van der Waals surface area contributed by atoms with Gasteiger partial charge in [-0.05, 0) is 55.4 Å². The Morgan fingerprint density at radius 1 is 1.21 bits per heavy atom. The lowest BCUT2D eigenvalue weighted by Gasteiger charge is -2.21. The van der Waals surface area contributed by atoms with Gasteiger partial charge in [-0.3, -0.25) is 0 Å². The molecule has 0 radical (unpaired) electrons. The molecule has 0 N–H and O–H groups in total. The van der Waals surface area contributed by atoms with Gasteiger partial charge in [-0.2, -0.15) is 0 Å². The number of allylic oxidation sites excluding steroid dienone is 6. The molecule has 1 fully saturated rings. The third kappa shape index (κ3) is 4.19. The average molecular weight is 317 g/mol. The molecule has 3 rings (SSSR count). The van der Waals surface area contributed by atoms with Crippen molar-refractivity contribution in [2.75, 3.05) is 13.1 Å². The third-order valence-electron chi connectivity index (χ3n) is 5.11. The van der Waals surface area contributed by atoms with E-state index in [1.807, 2.05) is 12.2 Å². The van der Waals surface area contributed by atoms with Gasteiger partial charge in [0.05, 0.1) is 0 Å². The van der Waals surface area contributed by atoms with Gasteiger partial charge in [0, 0.05) is 24.7 Å². The minimum atomic E-state index is 0.604. The number of hydrogen-bond acceptors (Lipinski definition) is 1. The molecule has 1 unspecified atom stereocenters. The van der Waals surface area contributed by atoms with Gasteiger partial charge in [0.25, 0.3) is 0 Å². The summed E-state index contributed by atoms with van der Waals surface area (Å²) in [5, 5.41) is 0. The molecule has 0 spiro atoms. The van der Waals surface area contributed by atoms with E-state index in [1.54, 1.807) is 0 Å². The number of aryl methyl sites for hydroxylation is 1. The van der Waals surface area contributed by atoms with E-state index in [9.17, 15) is 0 Å². The Labute approximate surface area is 146 Å². The van der Waals surface area contributed by atoms with Crippen molar-refractivity contribution >= 4 is 0 Å². The molecular formula is C23H27N. The molecule has 1 saturated heterocycles. The second-order valence-electron chi connectivity index (χ2n) is 6.78. The van der Waals surface area contributed by atoms with Gasteiger partial charge >= 0.3 is 0 Å². The predicted octanol–water partition coefficient (Wildman–Crippen LogP) is 5.36. The largest absolute Gasteiger partial charge is 0.375 e. The van der Waals surface area contributed by atoms with E-state index in [0.29, 0.717) is 5.92 Å². The van der Waals surface area contributed by atoms with Crippen molar-refractivity contribution < 1.29 is 0 Å². The molecule has 0 bridgehead atoms. The Balaban J connectivity index is 1.49. The maximum atomic E-state index is 4.40. The number of rotatable bonds is 6. The Hall–Kier alpha value is -2.24. The fourth-order valence-electron chi connectivity index (χ4n) is 3.57. The van der Waals surface area contributed by atoms with Crippen LogP contribution in [-0.2, 0) is 6.42 Å². The molecule has 1 aromatic rings. The van der Waals surface area contributed by atoms with Crippen molar-refractivity contribution in [1.29, 1.82) is 0 Å². The summed E-state index contributed by atoms with van der Waals surface area (Å²) in [6.07, 6.45) is 15.0. The zero-order valence-electron chi connectivity index (χ0n) is 14.7. The number of benzene rings is 1. The monoisotopic (exact) mass is 317 g/mol. The summed E-state index contributed by atoms with van der Waals surface area (Å²) >= 11 is 0. The van der Waals surface area contributed by atoms with Crippen LogP contribution in [0.3, 0.4) is 0 Å². The van der Waals surface area contributed by atoms with Gasteiger partial charge in [-0.1, -0.05) is 55.1 Å². The van der Waals surface area contributed by atoms with E-state index in [0.717, 1.165) is 32.4 Å². The summed E-state index contributed by atoms with van der Waals surface area (Å²) in [5.41, 5.74) is 8.84. The molecule has 1 aromatic carbocycles. The zero-order chi connectivity index (χ0) is 16.8. The van der Waals surface area contributed by atoms with Gasteiger partial charge < -0.3 is 4.90 Å². The van der Waals surface area contributed by atoms with Crippen LogP contribution in [0.15, 0.2) is 78.2 Å². The van der Waals surface area contributed by atoms with Crippen LogP contribution >= 0.6 is 0 Å². The smallest absolute Gasteiger partial charge is 0.0181 e. The quantitative estimate of drug-likeness (QED) is 0.638. The zero-order valence-corrected chi connectivity index (χ0v) is 14.7. The topological polar surface area (TPSA) is 3.24 Å². The van der Waals surface area contributed by atoms with Crippen molar-refractivity contribution in [3.63, 3.8) is 0 Å². The highest BCUT2D eigenvalue weighted by molar-refractivity contribution is 5.29. The van der Waals surface area contributed by atoms with E-state index in [4.69, 9.17) is 0 Å². The molecule has 1 aliphatic heterocycles. The standard InChI is InChI=1S/C23H27N/c1-19-10-7-8-14-22(19)18-23-15-17-24(20(23)2)16-9-13-21-11-5-3-4-6-12-21/h3-8,10-11,14,23H,2,9,13,15-18H2,1H3. The van der Waals surface area contributed by atoms with Crippen LogP contribution < -0.4 is 0 Å². The molecule has 24 heavy (non-hydrogen) atoms. The number of nitrogens with zero attached hydrogens (tertiary/aromatic N) is 1. The third-order valence-corrected chi connectivity index (χ3v) is 5.11. The molecule has 0 aromatic heterocycles. The summed E-state index contributed by atoms with van der Waals surface area (Å²) in [7, 11) is 0. The van der Waals surface area contributed by atoms with E-state index in [1.165, 1.54) is 28.8 Å². The SMILES string of the molecule is C=C1C(Cc2ccccc2C)CCN1CCCC1=C=CC=CC=C1.